The third-order valence-electron chi connectivity index (χ3n) is 3.36. The van der Waals surface area contributed by atoms with Crippen LogP contribution in [-0.2, 0) is 16.6 Å². The number of fused-ring (bicyclic) bond motifs is 1. The van der Waals surface area contributed by atoms with Gasteiger partial charge < -0.3 is 15.4 Å². The maximum Gasteiger partial charge on any atom is 0.372 e. The van der Waals surface area contributed by atoms with Crippen molar-refractivity contribution in [3.63, 3.8) is 0 Å². The summed E-state index contributed by atoms with van der Waals surface area (Å²) < 4.78 is 24.1. The molecule has 0 amide bonds. The molecule has 0 aliphatic rings. The summed E-state index contributed by atoms with van der Waals surface area (Å²) in [5.74, 6) is -0.0830. The van der Waals surface area contributed by atoms with Gasteiger partial charge in [0.2, 0.25) is 21.5 Å². The Morgan fingerprint density at radius 1 is 1.25 bits per heavy atom. The zero-order chi connectivity index (χ0) is 17.3. The van der Waals surface area contributed by atoms with E-state index in [0.717, 1.165) is 0 Å². The van der Waals surface area contributed by atoms with Crippen LogP contribution in [0.1, 0.15) is 5.56 Å². The second-order valence-corrected chi connectivity index (χ2v) is 6.58. The molecule has 0 aliphatic carbocycles. The molecule has 24 heavy (non-hydrogen) atoms. The number of sulfonamides is 1. The van der Waals surface area contributed by atoms with Crippen LogP contribution in [0.4, 0.5) is 11.6 Å². The average Bonchev–Trinajstić information content (AvgIpc) is 2.91. The number of imidazole rings is 1. The Morgan fingerprint density at radius 2 is 2.04 bits per heavy atom. The van der Waals surface area contributed by atoms with Gasteiger partial charge in [0.05, 0.1) is 11.1 Å². The Kier molecular flexibility index (Phi) is 3.91. The summed E-state index contributed by atoms with van der Waals surface area (Å²) in [6.45, 7) is 0.161. The van der Waals surface area contributed by atoms with Gasteiger partial charge in [-0.2, -0.15) is 9.38 Å². The highest BCUT2D eigenvalue weighted by molar-refractivity contribution is 7.89. The number of nitro groups is 1. The van der Waals surface area contributed by atoms with Crippen molar-refractivity contribution in [3.05, 3.63) is 64.3 Å². The molecule has 0 saturated carbocycles. The molecular weight excluding hydrogens is 334 g/mol. The molecule has 2 heterocycles. The lowest BCUT2D eigenvalue weighted by Crippen LogP contribution is -2.12. The summed E-state index contributed by atoms with van der Waals surface area (Å²) in [5.41, 5.74) is 1.04. The van der Waals surface area contributed by atoms with Crippen molar-refractivity contribution in [1.29, 1.82) is 0 Å². The SMILES string of the molecule is NS(=O)(=O)c1cccc(CNc2nc3ccccn3c2[N+](=O)[O-])c1. The molecule has 3 N–H and O–H groups in total. The summed E-state index contributed by atoms with van der Waals surface area (Å²) in [6.07, 6.45) is 1.55. The topological polar surface area (TPSA) is 133 Å². The van der Waals surface area contributed by atoms with Crippen LogP contribution in [0.25, 0.3) is 5.65 Å². The van der Waals surface area contributed by atoms with Gasteiger partial charge in [0, 0.05) is 12.6 Å². The molecule has 3 rings (SSSR count). The van der Waals surface area contributed by atoms with E-state index in [4.69, 9.17) is 5.14 Å². The van der Waals surface area contributed by atoms with Crippen LogP contribution in [0.15, 0.2) is 53.6 Å². The highest BCUT2D eigenvalue weighted by atomic mass is 32.2. The fraction of sp³-hybridized carbons (Fsp3) is 0.0714. The van der Waals surface area contributed by atoms with Gasteiger partial charge in [0.1, 0.15) is 0 Å². The Hall–Kier alpha value is -2.98. The van der Waals surface area contributed by atoms with E-state index in [2.05, 4.69) is 10.3 Å². The molecule has 0 fully saturated rings. The first-order valence-electron chi connectivity index (χ1n) is 6.83. The molecular formula is C14H13N5O4S. The molecule has 10 heteroatoms. The summed E-state index contributed by atoms with van der Waals surface area (Å²) in [7, 11) is -3.81. The van der Waals surface area contributed by atoms with Crippen molar-refractivity contribution < 1.29 is 13.3 Å². The average molecular weight is 347 g/mol. The number of nitrogens with two attached hydrogens (primary N) is 1. The Morgan fingerprint density at radius 3 is 2.75 bits per heavy atom. The second-order valence-electron chi connectivity index (χ2n) is 5.02. The molecule has 1 aromatic carbocycles. The number of nitrogens with zero attached hydrogens (tertiary/aromatic N) is 3. The second kappa shape index (κ2) is 5.91. The first-order valence-corrected chi connectivity index (χ1v) is 8.38. The van der Waals surface area contributed by atoms with Gasteiger partial charge in [-0.1, -0.05) is 18.2 Å². The third-order valence-corrected chi connectivity index (χ3v) is 4.28. The van der Waals surface area contributed by atoms with Gasteiger partial charge >= 0.3 is 5.82 Å². The number of pyridine rings is 1. The molecule has 0 atom stereocenters. The minimum Gasteiger partial charge on any atom is -0.359 e. The molecule has 0 bridgehead atoms. The van der Waals surface area contributed by atoms with Gasteiger partial charge in [0.25, 0.3) is 0 Å². The zero-order valence-electron chi connectivity index (χ0n) is 12.3. The van der Waals surface area contributed by atoms with E-state index in [1.165, 1.54) is 16.5 Å². The van der Waals surface area contributed by atoms with E-state index >= 15 is 0 Å². The largest absolute Gasteiger partial charge is 0.372 e. The highest BCUT2D eigenvalue weighted by Crippen LogP contribution is 2.25. The van der Waals surface area contributed by atoms with Crippen molar-refractivity contribution >= 4 is 27.3 Å². The minimum atomic E-state index is -3.81. The maximum absolute atomic E-state index is 11.4. The van der Waals surface area contributed by atoms with E-state index in [9.17, 15) is 18.5 Å². The Bertz CT molecular complexity index is 1030. The van der Waals surface area contributed by atoms with Crippen molar-refractivity contribution in [3.8, 4) is 0 Å². The molecule has 124 valence electrons. The minimum absolute atomic E-state index is 0.0219. The van der Waals surface area contributed by atoms with E-state index < -0.39 is 14.9 Å². The molecule has 0 unspecified atom stereocenters. The van der Waals surface area contributed by atoms with Gasteiger partial charge in [-0.3, -0.25) is 0 Å². The maximum atomic E-state index is 11.4. The van der Waals surface area contributed by atoms with Crippen LogP contribution in [-0.4, -0.2) is 22.7 Å². The van der Waals surface area contributed by atoms with E-state index in [1.807, 2.05) is 0 Å². The summed E-state index contributed by atoms with van der Waals surface area (Å²) in [6, 6.07) is 11.1. The molecule has 0 spiro atoms. The number of rotatable bonds is 5. The first kappa shape index (κ1) is 15.9. The van der Waals surface area contributed by atoms with Crippen molar-refractivity contribution in [2.24, 2.45) is 5.14 Å². The normalized spacial score (nSPS) is 11.5. The van der Waals surface area contributed by atoms with Crippen LogP contribution in [0.2, 0.25) is 0 Å². The van der Waals surface area contributed by atoms with Gasteiger partial charge in [-0.05, 0) is 28.7 Å². The van der Waals surface area contributed by atoms with Gasteiger partial charge in [-0.15, -0.1) is 0 Å². The Balaban J connectivity index is 1.91. The monoisotopic (exact) mass is 347 g/mol. The number of hydrogen-bond donors (Lipinski definition) is 2. The number of primary sulfonamides is 1. The standard InChI is InChI=1S/C14H13N5O4S/c15-24(22,23)11-5-3-4-10(8-11)9-16-13-14(19(20)21)18-7-2-1-6-12(18)17-13/h1-8,16H,9H2,(H2,15,22,23). The first-order chi connectivity index (χ1) is 11.4. The summed E-state index contributed by atoms with van der Waals surface area (Å²) >= 11 is 0. The van der Waals surface area contributed by atoms with Gasteiger partial charge in [-0.25, -0.2) is 13.6 Å². The van der Waals surface area contributed by atoms with Gasteiger partial charge in [0.15, 0.2) is 0 Å². The van der Waals surface area contributed by atoms with Crippen LogP contribution in [0.3, 0.4) is 0 Å². The summed E-state index contributed by atoms with van der Waals surface area (Å²) in [4.78, 5) is 14.9. The molecule has 3 aromatic rings. The Labute approximate surface area is 136 Å². The van der Waals surface area contributed by atoms with Crippen LogP contribution >= 0.6 is 0 Å². The lowest BCUT2D eigenvalue weighted by Gasteiger charge is -2.05. The fourth-order valence-corrected chi connectivity index (χ4v) is 2.88. The fourth-order valence-electron chi connectivity index (χ4n) is 2.29. The molecule has 0 saturated heterocycles. The number of aromatic nitrogens is 2. The lowest BCUT2D eigenvalue weighted by atomic mass is 10.2. The van der Waals surface area contributed by atoms with Crippen LogP contribution in [0, 0.1) is 10.1 Å². The van der Waals surface area contributed by atoms with E-state index in [1.54, 1.807) is 36.5 Å². The smallest absolute Gasteiger partial charge is 0.359 e. The van der Waals surface area contributed by atoms with E-state index in [-0.39, 0.29) is 23.1 Å². The van der Waals surface area contributed by atoms with Crippen LogP contribution in [0.5, 0.6) is 0 Å². The number of hydrogen-bond acceptors (Lipinski definition) is 6. The lowest BCUT2D eigenvalue weighted by molar-refractivity contribution is -0.389. The third kappa shape index (κ3) is 3.05. The molecule has 2 aromatic heterocycles. The van der Waals surface area contributed by atoms with Crippen molar-refractivity contribution in [2.45, 2.75) is 11.4 Å². The number of nitrogens with one attached hydrogen (secondary N) is 1. The number of anilines is 1. The molecule has 0 aliphatic heterocycles. The predicted molar refractivity (Wildman–Crippen MR) is 87.0 cm³/mol. The highest BCUT2D eigenvalue weighted by Gasteiger charge is 2.22. The van der Waals surface area contributed by atoms with Crippen molar-refractivity contribution in [2.75, 3.05) is 5.32 Å². The number of benzene rings is 1. The van der Waals surface area contributed by atoms with Crippen LogP contribution < -0.4 is 10.5 Å². The summed E-state index contributed by atoms with van der Waals surface area (Å²) in [5, 5.41) is 19.3. The van der Waals surface area contributed by atoms with E-state index in [0.29, 0.717) is 11.2 Å². The molecule has 0 radical (unpaired) electrons. The van der Waals surface area contributed by atoms with Crippen molar-refractivity contribution in [1.82, 2.24) is 9.38 Å². The zero-order valence-corrected chi connectivity index (χ0v) is 13.1. The molecule has 9 nitrogen and oxygen atoms in total. The predicted octanol–water partition coefficient (Wildman–Crippen LogP) is 1.50. The quantitative estimate of drug-likeness (QED) is 0.531.